The second-order valence-electron chi connectivity index (χ2n) is 7.59. The minimum atomic E-state index is -0.799. The van der Waals surface area contributed by atoms with Crippen LogP contribution in [0.4, 0.5) is 4.79 Å². The van der Waals surface area contributed by atoms with Crippen LogP contribution in [0.25, 0.3) is 11.4 Å². The van der Waals surface area contributed by atoms with Crippen LogP contribution in [0.1, 0.15) is 51.0 Å². The molecule has 1 aliphatic heterocycles. The Hall–Kier alpha value is -2.70. The fourth-order valence-electron chi connectivity index (χ4n) is 3.39. The van der Waals surface area contributed by atoms with Crippen molar-refractivity contribution in [2.24, 2.45) is 5.92 Å². The molecule has 2 aromatic rings. The smallest absolute Gasteiger partial charge is 0.325 e. The zero-order valence-corrected chi connectivity index (χ0v) is 15.2. The van der Waals surface area contributed by atoms with Crippen molar-refractivity contribution >= 4 is 11.9 Å². The van der Waals surface area contributed by atoms with Gasteiger partial charge >= 0.3 is 6.03 Å². The van der Waals surface area contributed by atoms with Gasteiger partial charge in [-0.1, -0.05) is 43.3 Å². The van der Waals surface area contributed by atoms with E-state index in [1.165, 1.54) is 5.56 Å². The number of carbonyl (C=O) groups is 2. The molecule has 7 heteroatoms. The highest BCUT2D eigenvalue weighted by molar-refractivity contribution is 6.07. The van der Waals surface area contributed by atoms with Crippen LogP contribution in [-0.2, 0) is 11.3 Å². The maximum atomic E-state index is 12.7. The van der Waals surface area contributed by atoms with Crippen LogP contribution in [0.2, 0.25) is 0 Å². The molecule has 2 fully saturated rings. The molecule has 0 spiro atoms. The SMILES string of the molecule is CC(C)c1ccc(-c2noc(CN3C(=O)N[C@@](C)(C4CC4)C3=O)n2)cc1. The normalized spacial score (nSPS) is 23.0. The number of imide groups is 1. The molecule has 1 atom stereocenters. The number of rotatable bonds is 5. The molecule has 0 bridgehead atoms. The summed E-state index contributed by atoms with van der Waals surface area (Å²) in [4.78, 5) is 30.4. The summed E-state index contributed by atoms with van der Waals surface area (Å²) in [6, 6.07) is 7.57. The summed E-state index contributed by atoms with van der Waals surface area (Å²) in [5.74, 6) is 1.15. The van der Waals surface area contributed by atoms with E-state index in [-0.39, 0.29) is 24.3 Å². The van der Waals surface area contributed by atoms with Gasteiger partial charge in [0.1, 0.15) is 12.1 Å². The highest BCUT2D eigenvalue weighted by atomic mass is 16.5. The van der Waals surface area contributed by atoms with E-state index in [1.54, 1.807) is 6.92 Å². The summed E-state index contributed by atoms with van der Waals surface area (Å²) < 4.78 is 5.26. The van der Waals surface area contributed by atoms with Gasteiger partial charge in [-0.05, 0) is 37.2 Å². The molecule has 1 aromatic carbocycles. The van der Waals surface area contributed by atoms with Gasteiger partial charge in [-0.3, -0.25) is 9.69 Å². The van der Waals surface area contributed by atoms with Crippen molar-refractivity contribution in [3.63, 3.8) is 0 Å². The van der Waals surface area contributed by atoms with Gasteiger partial charge < -0.3 is 9.84 Å². The minimum Gasteiger partial charge on any atom is -0.337 e. The summed E-state index contributed by atoms with van der Waals surface area (Å²) >= 11 is 0. The molecule has 0 unspecified atom stereocenters. The van der Waals surface area contributed by atoms with Gasteiger partial charge in [0, 0.05) is 5.56 Å². The van der Waals surface area contributed by atoms with Crippen molar-refractivity contribution in [3.8, 4) is 11.4 Å². The van der Waals surface area contributed by atoms with Crippen LogP contribution in [0.3, 0.4) is 0 Å². The molecule has 2 heterocycles. The molecule has 1 saturated heterocycles. The summed E-state index contributed by atoms with van der Waals surface area (Å²) in [6.45, 7) is 6.05. The first-order valence-corrected chi connectivity index (χ1v) is 8.95. The Kier molecular flexibility index (Phi) is 3.82. The van der Waals surface area contributed by atoms with Crippen molar-refractivity contribution in [3.05, 3.63) is 35.7 Å². The van der Waals surface area contributed by atoms with Gasteiger partial charge in [0.25, 0.3) is 5.91 Å². The van der Waals surface area contributed by atoms with Crippen molar-refractivity contribution in [2.45, 2.75) is 51.6 Å². The zero-order valence-electron chi connectivity index (χ0n) is 15.2. The maximum absolute atomic E-state index is 12.7. The van der Waals surface area contributed by atoms with Crippen LogP contribution in [-0.4, -0.2) is 32.5 Å². The van der Waals surface area contributed by atoms with E-state index in [4.69, 9.17) is 4.52 Å². The number of amides is 3. The number of nitrogens with zero attached hydrogens (tertiary/aromatic N) is 3. The highest BCUT2D eigenvalue weighted by Crippen LogP contribution is 2.42. The van der Waals surface area contributed by atoms with Crippen molar-refractivity contribution in [1.82, 2.24) is 20.4 Å². The second kappa shape index (κ2) is 5.93. The molecule has 3 amide bonds. The minimum absolute atomic E-state index is 0.00987. The summed E-state index contributed by atoms with van der Waals surface area (Å²) in [5, 5.41) is 6.80. The van der Waals surface area contributed by atoms with Gasteiger partial charge in [-0.2, -0.15) is 4.98 Å². The topological polar surface area (TPSA) is 88.3 Å². The fourth-order valence-corrected chi connectivity index (χ4v) is 3.39. The van der Waals surface area contributed by atoms with Crippen LogP contribution in [0, 0.1) is 5.92 Å². The van der Waals surface area contributed by atoms with E-state index < -0.39 is 11.6 Å². The molecule has 0 radical (unpaired) electrons. The van der Waals surface area contributed by atoms with E-state index in [1.807, 2.05) is 24.3 Å². The lowest BCUT2D eigenvalue weighted by Gasteiger charge is -2.20. The van der Waals surface area contributed by atoms with E-state index in [2.05, 4.69) is 29.3 Å². The van der Waals surface area contributed by atoms with E-state index in [9.17, 15) is 9.59 Å². The Morgan fingerprint density at radius 1 is 1.27 bits per heavy atom. The molecule has 1 aromatic heterocycles. The molecular formula is C19H22N4O3. The number of carbonyl (C=O) groups excluding carboxylic acids is 2. The molecule has 136 valence electrons. The molecule has 1 aliphatic carbocycles. The molecule has 1 N–H and O–H groups in total. The second-order valence-corrected chi connectivity index (χ2v) is 7.59. The highest BCUT2D eigenvalue weighted by Gasteiger charge is 2.56. The summed E-state index contributed by atoms with van der Waals surface area (Å²) in [5.41, 5.74) is 1.27. The predicted octanol–water partition coefficient (Wildman–Crippen LogP) is 3.08. The van der Waals surface area contributed by atoms with Gasteiger partial charge in [-0.15, -0.1) is 0 Å². The lowest BCUT2D eigenvalue weighted by molar-refractivity contribution is -0.132. The van der Waals surface area contributed by atoms with Crippen LogP contribution in [0.15, 0.2) is 28.8 Å². The first-order valence-electron chi connectivity index (χ1n) is 8.95. The quantitative estimate of drug-likeness (QED) is 0.834. The molecule has 1 saturated carbocycles. The maximum Gasteiger partial charge on any atom is 0.325 e. The molecule has 7 nitrogen and oxygen atoms in total. The Morgan fingerprint density at radius 3 is 2.58 bits per heavy atom. The average Bonchev–Trinajstić information content (AvgIpc) is 3.34. The Balaban J connectivity index is 1.50. The van der Waals surface area contributed by atoms with Crippen molar-refractivity contribution < 1.29 is 14.1 Å². The number of hydrogen-bond donors (Lipinski definition) is 1. The van der Waals surface area contributed by atoms with E-state index >= 15 is 0 Å². The van der Waals surface area contributed by atoms with E-state index in [0.717, 1.165) is 23.3 Å². The number of aromatic nitrogens is 2. The van der Waals surface area contributed by atoms with Crippen LogP contribution < -0.4 is 5.32 Å². The lowest BCUT2D eigenvalue weighted by atomic mass is 9.96. The zero-order chi connectivity index (χ0) is 18.5. The fraction of sp³-hybridized carbons (Fsp3) is 0.474. The first-order chi connectivity index (χ1) is 12.4. The lowest BCUT2D eigenvalue weighted by Crippen LogP contribution is -2.46. The van der Waals surface area contributed by atoms with Crippen molar-refractivity contribution in [2.75, 3.05) is 0 Å². The molecule has 2 aliphatic rings. The average molecular weight is 354 g/mol. The third-order valence-electron chi connectivity index (χ3n) is 5.29. The van der Waals surface area contributed by atoms with Gasteiger partial charge in [0.15, 0.2) is 0 Å². The van der Waals surface area contributed by atoms with Gasteiger partial charge in [0.05, 0.1) is 0 Å². The van der Waals surface area contributed by atoms with Crippen molar-refractivity contribution in [1.29, 1.82) is 0 Å². The Morgan fingerprint density at radius 2 is 1.96 bits per heavy atom. The third kappa shape index (κ3) is 2.77. The summed E-state index contributed by atoms with van der Waals surface area (Å²) in [7, 11) is 0. The number of hydrogen-bond acceptors (Lipinski definition) is 5. The predicted molar refractivity (Wildman–Crippen MR) is 94.0 cm³/mol. The number of benzene rings is 1. The Labute approximate surface area is 151 Å². The largest absolute Gasteiger partial charge is 0.337 e. The Bertz CT molecular complexity index is 854. The van der Waals surface area contributed by atoms with E-state index in [0.29, 0.717) is 11.7 Å². The number of urea groups is 1. The van der Waals surface area contributed by atoms with Crippen LogP contribution >= 0.6 is 0 Å². The monoisotopic (exact) mass is 354 g/mol. The first kappa shape index (κ1) is 16.8. The van der Waals surface area contributed by atoms with Gasteiger partial charge in [-0.25, -0.2) is 4.79 Å². The molecule has 26 heavy (non-hydrogen) atoms. The summed E-state index contributed by atoms with van der Waals surface area (Å²) in [6.07, 6.45) is 1.93. The van der Waals surface area contributed by atoms with Crippen LogP contribution in [0.5, 0.6) is 0 Å². The number of nitrogens with one attached hydrogen (secondary N) is 1. The molecule has 4 rings (SSSR count). The molecular weight excluding hydrogens is 332 g/mol. The van der Waals surface area contributed by atoms with Gasteiger partial charge in [0.2, 0.25) is 11.7 Å². The third-order valence-corrected chi connectivity index (χ3v) is 5.29. The standard InChI is InChI=1S/C19H22N4O3/c1-11(2)12-4-6-13(7-5-12)16-20-15(26-22-16)10-23-17(24)19(3,14-8-9-14)21-18(23)25/h4-7,11,14H,8-10H2,1-3H3,(H,21,25)/t19-/m0/s1.